The largest absolute Gasteiger partial charge is 4.00 e. The second-order valence-electron chi connectivity index (χ2n) is 9.41. The van der Waals surface area contributed by atoms with Crippen molar-refractivity contribution >= 4 is 43.6 Å². The van der Waals surface area contributed by atoms with Gasteiger partial charge in [-0.15, -0.1) is 0 Å². The van der Waals surface area contributed by atoms with E-state index in [2.05, 4.69) is 19.9 Å². The molecule has 8 aromatic rings. The number of fused-ring (bicyclic) bond motifs is 4. The van der Waals surface area contributed by atoms with Crippen LogP contribution in [0, 0.1) is 0 Å². The van der Waals surface area contributed by atoms with Gasteiger partial charge in [0.2, 0.25) is 0 Å². The Morgan fingerprint density at radius 2 is 0.489 bits per heavy atom. The van der Waals surface area contributed by atoms with Crippen LogP contribution in [-0.4, -0.2) is 40.4 Å². The van der Waals surface area contributed by atoms with E-state index in [-0.39, 0.29) is 49.2 Å². The van der Waals surface area contributed by atoms with Crippen LogP contribution in [0.1, 0.15) is 0 Å². The second-order valence-corrected chi connectivity index (χ2v) is 9.41. The van der Waals surface area contributed by atoms with E-state index in [1.54, 1.807) is 73.3 Å². The number of hydrogen-bond donors (Lipinski definition) is 4. The van der Waals surface area contributed by atoms with Gasteiger partial charge in [0.1, 0.15) is 45.1 Å². The third-order valence-corrected chi connectivity index (χ3v) is 6.45. The van der Waals surface area contributed by atoms with Crippen molar-refractivity contribution in [1.82, 2.24) is 19.9 Å². The minimum Gasteiger partial charge on any atom is -0.506 e. The number of aromatic hydroxyl groups is 4. The molecule has 0 saturated heterocycles. The predicted octanol–water partition coefficient (Wildman–Crippen LogP) is 7.76. The van der Waals surface area contributed by atoms with Crippen LogP contribution >= 0.6 is 0 Å². The Kier molecular flexibility index (Phi) is 11.5. The monoisotopic (exact) mass is 670 g/mol. The van der Waals surface area contributed by atoms with Crippen LogP contribution in [0.25, 0.3) is 43.6 Å². The molecule has 4 heterocycles. The minimum atomic E-state index is 0. The van der Waals surface area contributed by atoms with Crippen LogP contribution in [0.4, 0.5) is 0 Å². The smallest absolute Gasteiger partial charge is 0.506 e. The Morgan fingerprint density at radius 1 is 0.289 bits per heavy atom. The first-order chi connectivity index (χ1) is 21.5. The van der Waals surface area contributed by atoms with Crippen LogP contribution in [0.5, 0.6) is 23.0 Å². The summed E-state index contributed by atoms with van der Waals surface area (Å²) in [6.07, 6.45) is 6.67. The number of benzene rings is 4. The van der Waals surface area contributed by atoms with E-state index in [9.17, 15) is 20.4 Å². The first-order valence-corrected chi connectivity index (χ1v) is 13.6. The van der Waals surface area contributed by atoms with E-state index in [4.69, 9.17) is 0 Å². The van der Waals surface area contributed by atoms with Crippen molar-refractivity contribution in [1.29, 1.82) is 0 Å². The quantitative estimate of drug-likeness (QED) is 0.129. The van der Waals surface area contributed by atoms with Crippen LogP contribution < -0.4 is 0 Å². The minimum absolute atomic E-state index is 0. The maximum absolute atomic E-state index is 9.31. The molecule has 0 unspecified atom stereocenters. The summed E-state index contributed by atoms with van der Waals surface area (Å²) < 4.78 is 0. The first-order valence-electron chi connectivity index (χ1n) is 13.6. The Hall–Kier alpha value is -5.40. The summed E-state index contributed by atoms with van der Waals surface area (Å²) in [5, 5.41) is 41.1. The zero-order valence-electron chi connectivity index (χ0n) is 23.9. The molecule has 0 atom stereocenters. The summed E-state index contributed by atoms with van der Waals surface area (Å²) in [7, 11) is 0. The molecule has 0 radical (unpaired) electrons. The summed E-state index contributed by atoms with van der Waals surface area (Å²) in [6.45, 7) is 0. The molecule has 0 aliphatic rings. The van der Waals surface area contributed by atoms with Crippen molar-refractivity contribution in [2.75, 3.05) is 0 Å². The maximum atomic E-state index is 9.31. The molecule has 0 aliphatic carbocycles. The number of phenols is 4. The number of pyridine rings is 4. The molecule has 0 bridgehead atoms. The van der Waals surface area contributed by atoms with Gasteiger partial charge in [-0.1, -0.05) is 72.8 Å². The van der Waals surface area contributed by atoms with Crippen molar-refractivity contribution in [3.63, 3.8) is 0 Å². The summed E-state index contributed by atoms with van der Waals surface area (Å²) in [6, 6.07) is 36.5. The molecule has 8 nitrogen and oxygen atoms in total. The summed E-state index contributed by atoms with van der Waals surface area (Å²) >= 11 is 0. The average molecular weight is 672 g/mol. The fraction of sp³-hybridized carbons (Fsp3) is 0. The normalized spacial score (nSPS) is 9.96. The van der Waals surface area contributed by atoms with Gasteiger partial charge in [-0.2, -0.15) is 0 Å². The topological polar surface area (TPSA) is 132 Å². The van der Waals surface area contributed by atoms with Crippen LogP contribution in [0.15, 0.2) is 146 Å². The number of para-hydroxylation sites is 4. The fourth-order valence-electron chi connectivity index (χ4n) is 4.35. The van der Waals surface area contributed by atoms with Gasteiger partial charge < -0.3 is 20.4 Å². The SMILES string of the molecule is Oc1cccc2cccnc12.Oc1cccc2cccnc12.Oc1cccc2cccnc12.Oc1cccc2cccnc12.[Zr+4]. The van der Waals surface area contributed by atoms with Gasteiger partial charge in [-0.05, 0) is 48.5 Å². The molecule has 0 fully saturated rings. The van der Waals surface area contributed by atoms with Crippen molar-refractivity contribution < 1.29 is 46.6 Å². The van der Waals surface area contributed by atoms with E-state index >= 15 is 0 Å². The number of hydrogen-bond acceptors (Lipinski definition) is 8. The summed E-state index contributed by atoms with van der Waals surface area (Å²) in [5.41, 5.74) is 2.65. The molecule has 216 valence electrons. The van der Waals surface area contributed by atoms with E-state index in [0.29, 0.717) is 22.1 Å². The summed E-state index contributed by atoms with van der Waals surface area (Å²) in [5.74, 6) is 0.956. The molecule has 4 N–H and O–H groups in total. The number of nitrogens with zero attached hydrogens (tertiary/aromatic N) is 4. The molecular formula is C36H28N4O4Zr+4. The third kappa shape index (κ3) is 8.37. The van der Waals surface area contributed by atoms with Crippen molar-refractivity contribution in [2.24, 2.45) is 0 Å². The van der Waals surface area contributed by atoms with Crippen LogP contribution in [0.3, 0.4) is 0 Å². The Morgan fingerprint density at radius 3 is 0.689 bits per heavy atom. The standard InChI is InChI=1S/4C9H7NO.Zr/c4*11-8-5-1-3-7-4-2-6-10-9(7)8;/h4*1-6,11H;/q;;;;+4. The Bertz CT molecular complexity index is 1830. The molecule has 45 heavy (non-hydrogen) atoms. The van der Waals surface area contributed by atoms with Gasteiger partial charge in [-0.25, -0.2) is 0 Å². The van der Waals surface area contributed by atoms with E-state index in [1.165, 1.54) is 0 Å². The zero-order chi connectivity index (χ0) is 30.7. The Labute approximate surface area is 278 Å². The third-order valence-electron chi connectivity index (χ3n) is 6.45. The molecule has 9 heteroatoms. The van der Waals surface area contributed by atoms with Gasteiger partial charge in [0.25, 0.3) is 0 Å². The van der Waals surface area contributed by atoms with E-state index in [0.717, 1.165) is 21.5 Å². The molecular weight excluding hydrogens is 644 g/mol. The fourth-order valence-corrected chi connectivity index (χ4v) is 4.35. The predicted molar refractivity (Wildman–Crippen MR) is 174 cm³/mol. The van der Waals surface area contributed by atoms with Gasteiger partial charge in [0.05, 0.1) is 0 Å². The molecule has 0 spiro atoms. The Balaban J connectivity index is 0.000000136. The van der Waals surface area contributed by atoms with Crippen molar-refractivity contribution in [3.8, 4) is 23.0 Å². The van der Waals surface area contributed by atoms with Gasteiger partial charge in [0.15, 0.2) is 0 Å². The van der Waals surface area contributed by atoms with E-state index in [1.807, 2.05) is 72.8 Å². The maximum Gasteiger partial charge on any atom is 4.00 e. The van der Waals surface area contributed by atoms with E-state index < -0.39 is 0 Å². The van der Waals surface area contributed by atoms with Crippen LogP contribution in [-0.2, 0) is 26.2 Å². The van der Waals surface area contributed by atoms with Gasteiger partial charge in [-0.3, -0.25) is 19.9 Å². The second kappa shape index (κ2) is 15.9. The molecule has 4 aromatic carbocycles. The molecule has 0 aliphatic heterocycles. The number of rotatable bonds is 0. The first kappa shape index (κ1) is 32.5. The molecule has 8 rings (SSSR count). The molecule has 0 saturated carbocycles. The average Bonchev–Trinajstić information content (AvgIpc) is 3.07. The molecule has 4 aromatic heterocycles. The van der Waals surface area contributed by atoms with Crippen LogP contribution in [0.2, 0.25) is 0 Å². The van der Waals surface area contributed by atoms with Gasteiger partial charge >= 0.3 is 26.2 Å². The number of aromatic nitrogens is 4. The van der Waals surface area contributed by atoms with Crippen molar-refractivity contribution in [2.45, 2.75) is 0 Å². The number of phenolic OH excluding ortho intramolecular Hbond substituents is 4. The molecule has 0 amide bonds. The summed E-state index contributed by atoms with van der Waals surface area (Å²) in [4.78, 5) is 16.1. The van der Waals surface area contributed by atoms with Crippen molar-refractivity contribution in [3.05, 3.63) is 146 Å². The zero-order valence-corrected chi connectivity index (χ0v) is 26.4. The van der Waals surface area contributed by atoms with Gasteiger partial charge in [0, 0.05) is 46.3 Å².